The molecule has 5 nitrogen and oxygen atoms in total. The van der Waals surface area contributed by atoms with Crippen molar-refractivity contribution in [2.75, 3.05) is 5.75 Å². The summed E-state index contributed by atoms with van der Waals surface area (Å²) < 4.78 is 5.50. The lowest BCUT2D eigenvalue weighted by molar-refractivity contribution is -0.133. The third kappa shape index (κ3) is 2.37. The highest BCUT2D eigenvalue weighted by atomic mass is 32.2. The predicted octanol–water partition coefficient (Wildman–Crippen LogP) is 2.08. The molecule has 2 rings (SSSR count). The Bertz CT molecular complexity index is 385. The molecular weight excluding hydrogens is 228 g/mol. The van der Waals surface area contributed by atoms with E-state index in [2.05, 4.69) is 17.1 Å². The first kappa shape index (κ1) is 11.4. The number of carbonyl (C=O) groups is 1. The van der Waals surface area contributed by atoms with E-state index in [9.17, 15) is 4.79 Å². The van der Waals surface area contributed by atoms with Gasteiger partial charge in [0.25, 0.3) is 5.22 Å². The van der Waals surface area contributed by atoms with E-state index in [1.807, 2.05) is 0 Å². The van der Waals surface area contributed by atoms with Gasteiger partial charge in [0.1, 0.15) is 5.75 Å². The molecule has 1 aromatic heterocycles. The van der Waals surface area contributed by atoms with Crippen LogP contribution in [-0.2, 0) is 10.2 Å². The Morgan fingerprint density at radius 1 is 1.50 bits per heavy atom. The molecule has 0 bridgehead atoms. The molecule has 1 aliphatic rings. The minimum atomic E-state index is -0.878. The molecule has 0 spiro atoms. The number of nitrogens with zero attached hydrogens (tertiary/aromatic N) is 2. The third-order valence-corrected chi connectivity index (χ3v) is 3.75. The van der Waals surface area contributed by atoms with Gasteiger partial charge in [-0.25, -0.2) is 0 Å². The summed E-state index contributed by atoms with van der Waals surface area (Å²) in [4.78, 5) is 10.4. The van der Waals surface area contributed by atoms with E-state index in [0.717, 1.165) is 24.6 Å². The monoisotopic (exact) mass is 242 g/mol. The van der Waals surface area contributed by atoms with Gasteiger partial charge in [-0.3, -0.25) is 4.79 Å². The Morgan fingerprint density at radius 2 is 2.19 bits per heavy atom. The summed E-state index contributed by atoms with van der Waals surface area (Å²) in [5.41, 5.74) is -0.00493. The Balaban J connectivity index is 2.04. The minimum absolute atomic E-state index is 0.00493. The fraction of sp³-hybridized carbons (Fsp3) is 0.700. The average molecular weight is 242 g/mol. The smallest absolute Gasteiger partial charge is 0.314 e. The molecule has 0 saturated heterocycles. The molecule has 1 N–H and O–H groups in total. The molecule has 88 valence electrons. The Labute approximate surface area is 97.6 Å². The highest BCUT2D eigenvalue weighted by Crippen LogP contribution is 2.40. The van der Waals surface area contributed by atoms with E-state index >= 15 is 0 Å². The van der Waals surface area contributed by atoms with Crippen molar-refractivity contribution in [1.82, 2.24) is 10.2 Å². The molecule has 6 heteroatoms. The summed E-state index contributed by atoms with van der Waals surface area (Å²) in [6.45, 7) is 2.12. The molecule has 0 amide bonds. The first-order chi connectivity index (χ1) is 7.60. The Hall–Kier alpha value is -1.04. The molecular formula is C10H14N2O3S. The third-order valence-electron chi connectivity index (χ3n) is 2.95. The maximum absolute atomic E-state index is 10.4. The first-order valence-electron chi connectivity index (χ1n) is 5.29. The number of carboxylic acid groups (broad SMARTS) is 1. The van der Waals surface area contributed by atoms with E-state index in [4.69, 9.17) is 9.52 Å². The van der Waals surface area contributed by atoms with Crippen molar-refractivity contribution in [2.45, 2.75) is 43.2 Å². The number of rotatable bonds is 4. The van der Waals surface area contributed by atoms with Crippen LogP contribution in [0.3, 0.4) is 0 Å². The minimum Gasteiger partial charge on any atom is -0.481 e. The first-order valence-corrected chi connectivity index (χ1v) is 6.27. The molecule has 0 radical (unpaired) electrons. The summed E-state index contributed by atoms with van der Waals surface area (Å²) in [5.74, 6) is -0.270. The molecule has 1 saturated carbocycles. The van der Waals surface area contributed by atoms with Crippen molar-refractivity contribution in [1.29, 1.82) is 0 Å². The SMILES string of the molecule is CC1(c2nnc(SCC(=O)O)o2)CCCC1. The standard InChI is InChI=1S/C10H14N2O3S/c1-10(4-2-3-5-10)8-11-12-9(15-8)16-6-7(13)14/h2-6H2,1H3,(H,13,14). The van der Waals surface area contributed by atoms with Gasteiger partial charge in [-0.1, -0.05) is 31.5 Å². The zero-order chi connectivity index (χ0) is 11.6. The molecule has 0 atom stereocenters. The lowest BCUT2D eigenvalue weighted by Gasteiger charge is -2.17. The number of hydrogen-bond acceptors (Lipinski definition) is 5. The summed E-state index contributed by atoms with van der Waals surface area (Å²) in [5, 5.41) is 16.8. The number of aromatic nitrogens is 2. The van der Waals surface area contributed by atoms with E-state index in [1.54, 1.807) is 0 Å². The van der Waals surface area contributed by atoms with Crippen LogP contribution in [0.1, 0.15) is 38.5 Å². The van der Waals surface area contributed by atoms with Crippen molar-refractivity contribution in [3.05, 3.63) is 5.89 Å². The maximum atomic E-state index is 10.4. The largest absolute Gasteiger partial charge is 0.481 e. The fourth-order valence-electron chi connectivity index (χ4n) is 2.00. The van der Waals surface area contributed by atoms with Gasteiger partial charge in [-0.2, -0.15) is 0 Å². The number of thioether (sulfide) groups is 1. The summed E-state index contributed by atoms with van der Waals surface area (Å²) in [6, 6.07) is 0. The lowest BCUT2D eigenvalue weighted by Crippen LogP contribution is -2.17. The Morgan fingerprint density at radius 3 is 2.81 bits per heavy atom. The zero-order valence-corrected chi connectivity index (χ0v) is 9.92. The van der Waals surface area contributed by atoms with Gasteiger partial charge in [-0.05, 0) is 12.8 Å². The van der Waals surface area contributed by atoms with Crippen molar-refractivity contribution < 1.29 is 14.3 Å². The van der Waals surface area contributed by atoms with Gasteiger partial charge < -0.3 is 9.52 Å². The van der Waals surface area contributed by atoms with Crippen LogP contribution in [0.2, 0.25) is 0 Å². The summed E-state index contributed by atoms with van der Waals surface area (Å²) in [7, 11) is 0. The van der Waals surface area contributed by atoms with Crippen molar-refractivity contribution in [2.24, 2.45) is 0 Å². The van der Waals surface area contributed by atoms with Gasteiger partial charge in [0.15, 0.2) is 0 Å². The second kappa shape index (κ2) is 4.45. The molecule has 0 aromatic carbocycles. The van der Waals surface area contributed by atoms with Gasteiger partial charge in [0.2, 0.25) is 5.89 Å². The van der Waals surface area contributed by atoms with E-state index in [1.165, 1.54) is 12.8 Å². The molecule has 0 unspecified atom stereocenters. The van der Waals surface area contributed by atoms with E-state index < -0.39 is 5.97 Å². The molecule has 1 fully saturated rings. The molecule has 1 aliphatic carbocycles. The van der Waals surface area contributed by atoms with Crippen LogP contribution in [0.4, 0.5) is 0 Å². The van der Waals surface area contributed by atoms with Crippen molar-refractivity contribution in [3.8, 4) is 0 Å². The maximum Gasteiger partial charge on any atom is 0.314 e. The Kier molecular flexibility index (Phi) is 3.18. The van der Waals surface area contributed by atoms with E-state index in [0.29, 0.717) is 11.1 Å². The van der Waals surface area contributed by atoms with Crippen LogP contribution < -0.4 is 0 Å². The van der Waals surface area contributed by atoms with Crippen LogP contribution in [0.25, 0.3) is 0 Å². The van der Waals surface area contributed by atoms with Gasteiger partial charge in [-0.15, -0.1) is 10.2 Å². The quantitative estimate of drug-likeness (QED) is 0.814. The summed E-state index contributed by atoms with van der Waals surface area (Å²) in [6.07, 6.45) is 4.52. The normalized spacial score (nSPS) is 18.8. The highest BCUT2D eigenvalue weighted by molar-refractivity contribution is 7.99. The van der Waals surface area contributed by atoms with Crippen LogP contribution in [-0.4, -0.2) is 27.0 Å². The van der Waals surface area contributed by atoms with Crippen LogP contribution in [0.5, 0.6) is 0 Å². The second-order valence-electron chi connectivity index (χ2n) is 4.32. The number of hydrogen-bond donors (Lipinski definition) is 1. The van der Waals surface area contributed by atoms with Gasteiger partial charge >= 0.3 is 5.97 Å². The molecule has 0 aliphatic heterocycles. The summed E-state index contributed by atoms with van der Waals surface area (Å²) >= 11 is 1.07. The van der Waals surface area contributed by atoms with Crippen LogP contribution in [0.15, 0.2) is 9.64 Å². The second-order valence-corrected chi connectivity index (χ2v) is 5.25. The van der Waals surface area contributed by atoms with E-state index in [-0.39, 0.29) is 11.2 Å². The zero-order valence-electron chi connectivity index (χ0n) is 9.10. The van der Waals surface area contributed by atoms with Gasteiger partial charge in [0.05, 0.1) is 0 Å². The molecule has 1 heterocycles. The van der Waals surface area contributed by atoms with Crippen molar-refractivity contribution >= 4 is 17.7 Å². The number of carboxylic acids is 1. The lowest BCUT2D eigenvalue weighted by atomic mass is 9.89. The van der Waals surface area contributed by atoms with Crippen LogP contribution in [0, 0.1) is 0 Å². The average Bonchev–Trinajstić information content (AvgIpc) is 2.84. The van der Waals surface area contributed by atoms with Crippen molar-refractivity contribution in [3.63, 3.8) is 0 Å². The fourth-order valence-corrected chi connectivity index (χ4v) is 2.49. The van der Waals surface area contributed by atoms with Gasteiger partial charge in [0, 0.05) is 5.41 Å². The van der Waals surface area contributed by atoms with Crippen LogP contribution >= 0.6 is 11.8 Å². The molecule has 16 heavy (non-hydrogen) atoms. The molecule has 1 aromatic rings. The topological polar surface area (TPSA) is 76.2 Å². The highest BCUT2D eigenvalue weighted by Gasteiger charge is 2.35. The number of aliphatic carboxylic acids is 1. The predicted molar refractivity (Wildman–Crippen MR) is 58.5 cm³/mol.